The van der Waals surface area contributed by atoms with Crippen molar-refractivity contribution in [1.29, 1.82) is 0 Å². The lowest BCUT2D eigenvalue weighted by atomic mass is 10.0. The number of ether oxygens (including phenoxy) is 2. The minimum Gasteiger partial charge on any atom is -0.457 e. The van der Waals surface area contributed by atoms with E-state index in [1.165, 1.54) is 16.2 Å². The van der Waals surface area contributed by atoms with Crippen molar-refractivity contribution in [3.8, 4) is 11.5 Å². The largest absolute Gasteiger partial charge is 0.457 e. The van der Waals surface area contributed by atoms with Crippen molar-refractivity contribution in [3.05, 3.63) is 82.0 Å². The van der Waals surface area contributed by atoms with Crippen molar-refractivity contribution in [2.75, 3.05) is 32.8 Å². The van der Waals surface area contributed by atoms with E-state index in [1.807, 2.05) is 60.0 Å². The van der Waals surface area contributed by atoms with Crippen LogP contribution in [0.1, 0.15) is 40.1 Å². The third-order valence-corrected chi connectivity index (χ3v) is 8.20. The molecule has 4 heterocycles. The Kier molecular flexibility index (Phi) is 9.66. The van der Waals surface area contributed by atoms with Crippen LogP contribution < -0.4 is 10.1 Å². The molecular weight excluding hydrogens is 542 g/mol. The lowest BCUT2D eigenvalue weighted by Gasteiger charge is -2.39. The molecule has 0 saturated carbocycles. The predicted molar refractivity (Wildman–Crippen MR) is 155 cm³/mol. The third-order valence-electron chi connectivity index (χ3n) is 7.34. The van der Waals surface area contributed by atoms with Gasteiger partial charge >= 0.3 is 0 Å². The van der Waals surface area contributed by atoms with Gasteiger partial charge in [0.05, 0.1) is 30.2 Å². The summed E-state index contributed by atoms with van der Waals surface area (Å²) in [4.78, 5) is 43.4. The van der Waals surface area contributed by atoms with E-state index in [4.69, 9.17) is 9.47 Å². The number of carbonyl (C=O) groups is 3. The number of aliphatic hydroxyl groups is 1. The lowest BCUT2D eigenvalue weighted by Crippen LogP contribution is -2.58. The maximum Gasteiger partial charge on any atom is 0.263 e. The van der Waals surface area contributed by atoms with Crippen molar-refractivity contribution < 1.29 is 29.0 Å². The number of aliphatic hydroxyl groups excluding tert-OH is 1. The molecule has 0 radical (unpaired) electrons. The zero-order valence-corrected chi connectivity index (χ0v) is 23.7. The van der Waals surface area contributed by atoms with Crippen LogP contribution in [0.4, 0.5) is 0 Å². The summed E-state index contributed by atoms with van der Waals surface area (Å²) in [6, 6.07) is 18.5. The van der Waals surface area contributed by atoms with E-state index in [9.17, 15) is 19.5 Å². The molecule has 3 aliphatic heterocycles. The van der Waals surface area contributed by atoms with E-state index in [2.05, 4.69) is 5.32 Å². The first kappa shape index (κ1) is 28.8. The minimum absolute atomic E-state index is 0.0698. The molecule has 1 saturated heterocycles. The normalized spacial score (nSPS) is 20.3. The summed E-state index contributed by atoms with van der Waals surface area (Å²) < 4.78 is 12.4. The molecule has 41 heavy (non-hydrogen) atoms. The topological polar surface area (TPSA) is 108 Å². The molecule has 0 aliphatic carbocycles. The lowest BCUT2D eigenvalue weighted by molar-refractivity contribution is -0.137. The van der Waals surface area contributed by atoms with Crippen LogP contribution in [-0.4, -0.2) is 77.6 Å². The van der Waals surface area contributed by atoms with Gasteiger partial charge < -0.3 is 29.7 Å². The van der Waals surface area contributed by atoms with E-state index < -0.39 is 6.04 Å². The molecule has 3 aliphatic rings. The van der Waals surface area contributed by atoms with Gasteiger partial charge in [-0.25, -0.2) is 0 Å². The van der Waals surface area contributed by atoms with Crippen molar-refractivity contribution >= 4 is 29.1 Å². The molecule has 0 unspecified atom stereocenters. The molecule has 3 amide bonds. The number of nitrogens with zero attached hydrogens (tertiary/aromatic N) is 2. The van der Waals surface area contributed by atoms with Crippen LogP contribution in [0, 0.1) is 0 Å². The number of piperidine rings is 1. The Morgan fingerprint density at radius 3 is 2.66 bits per heavy atom. The molecule has 2 N–H and O–H groups in total. The smallest absolute Gasteiger partial charge is 0.263 e. The van der Waals surface area contributed by atoms with Crippen LogP contribution >= 0.6 is 11.3 Å². The fraction of sp³-hybridized carbons (Fsp3) is 0.387. The van der Waals surface area contributed by atoms with Gasteiger partial charge in [0.25, 0.3) is 5.91 Å². The molecule has 6 rings (SSSR count). The van der Waals surface area contributed by atoms with E-state index in [-0.39, 0.29) is 49.9 Å². The van der Waals surface area contributed by atoms with Crippen LogP contribution in [0.5, 0.6) is 11.5 Å². The highest BCUT2D eigenvalue weighted by atomic mass is 32.1. The zero-order chi connectivity index (χ0) is 28.6. The Morgan fingerprint density at radius 2 is 1.88 bits per heavy atom. The second kappa shape index (κ2) is 13.8. The molecule has 216 valence electrons. The maximum atomic E-state index is 13.3. The highest BCUT2D eigenvalue weighted by Gasteiger charge is 2.34. The Bertz CT molecular complexity index is 1330. The average Bonchev–Trinajstić information content (AvgIpc) is 3.53. The second-order valence-electron chi connectivity index (χ2n) is 10.3. The summed E-state index contributed by atoms with van der Waals surface area (Å²) in [6.45, 7) is 1.19. The molecule has 4 bridgehead atoms. The first-order chi connectivity index (χ1) is 20.0. The summed E-state index contributed by atoms with van der Waals surface area (Å²) in [7, 11) is 0. The summed E-state index contributed by atoms with van der Waals surface area (Å²) in [5, 5.41) is 14.3. The molecule has 3 aromatic rings. The van der Waals surface area contributed by atoms with E-state index in [0.717, 1.165) is 11.1 Å². The zero-order valence-electron chi connectivity index (χ0n) is 22.9. The van der Waals surface area contributed by atoms with Gasteiger partial charge in [0.1, 0.15) is 11.5 Å². The Labute approximate surface area is 243 Å². The Hall–Kier alpha value is -3.73. The molecule has 2 aromatic carbocycles. The maximum absolute atomic E-state index is 13.3. The van der Waals surface area contributed by atoms with E-state index in [0.29, 0.717) is 55.3 Å². The number of rotatable bonds is 4. The van der Waals surface area contributed by atoms with Crippen molar-refractivity contribution in [3.63, 3.8) is 0 Å². The number of nitrogens with one attached hydrogen (secondary N) is 1. The summed E-state index contributed by atoms with van der Waals surface area (Å²) in [5.41, 5.74) is 1.91. The summed E-state index contributed by atoms with van der Waals surface area (Å²) in [6.07, 6.45) is 1.36. The standard InChI is InChI=1S/C31H35N3O6S/c35-16-3-14-33-20-29(36)32-26-19-34(31(38)28-6-2-17-41-28)15-13-27(26)39-21-23-4-1-5-25(18-23)40-24-10-7-22(8-11-24)9-12-30(33)37/h1-2,4-8,10-11,17-18,26-27,35H,3,9,12-16,19-21H2,(H,32,36)/t26-,27-/m0/s1. The van der Waals surface area contributed by atoms with Gasteiger partial charge in [-0.1, -0.05) is 30.3 Å². The number of hydrogen-bond acceptors (Lipinski definition) is 7. The number of carbonyl (C=O) groups excluding carboxylic acids is 3. The SMILES string of the molecule is O=C1CN(CCCO)C(=O)CCc2ccc(cc2)Oc2cccc(c2)CO[C@H]2CCN(C(=O)c3cccs3)C[C@@H]2N1. The molecular formula is C31H35N3O6S. The fourth-order valence-corrected chi connectivity index (χ4v) is 5.85. The molecule has 0 spiro atoms. The fourth-order valence-electron chi connectivity index (χ4n) is 5.16. The molecule has 10 heteroatoms. The monoisotopic (exact) mass is 577 g/mol. The Morgan fingerprint density at radius 1 is 1.02 bits per heavy atom. The number of fused-ring (bicyclic) bond motifs is 9. The van der Waals surface area contributed by atoms with Crippen molar-refractivity contribution in [2.24, 2.45) is 0 Å². The van der Waals surface area contributed by atoms with Gasteiger partial charge in [-0.15, -0.1) is 11.3 Å². The predicted octanol–water partition coefficient (Wildman–Crippen LogP) is 3.61. The van der Waals surface area contributed by atoms with E-state index in [1.54, 1.807) is 11.0 Å². The van der Waals surface area contributed by atoms with Gasteiger partial charge in [-0.2, -0.15) is 0 Å². The second-order valence-corrected chi connectivity index (χ2v) is 11.3. The van der Waals surface area contributed by atoms with Gasteiger partial charge in [-0.3, -0.25) is 14.4 Å². The molecule has 1 fully saturated rings. The Balaban J connectivity index is 1.38. The van der Waals surface area contributed by atoms with Crippen LogP contribution in [0.25, 0.3) is 0 Å². The van der Waals surface area contributed by atoms with E-state index >= 15 is 0 Å². The summed E-state index contributed by atoms with van der Waals surface area (Å²) in [5.74, 6) is 0.831. The van der Waals surface area contributed by atoms with Crippen LogP contribution in [-0.2, 0) is 27.4 Å². The highest BCUT2D eigenvalue weighted by Crippen LogP contribution is 2.25. The number of aryl methyl sites for hydroxylation is 1. The summed E-state index contributed by atoms with van der Waals surface area (Å²) >= 11 is 1.39. The number of benzene rings is 2. The van der Waals surface area contributed by atoms with Crippen molar-refractivity contribution in [2.45, 2.75) is 44.4 Å². The minimum atomic E-state index is -0.452. The van der Waals surface area contributed by atoms with Crippen LogP contribution in [0.3, 0.4) is 0 Å². The first-order valence-corrected chi connectivity index (χ1v) is 14.8. The van der Waals surface area contributed by atoms with Gasteiger partial charge in [0.15, 0.2) is 0 Å². The van der Waals surface area contributed by atoms with Gasteiger partial charge in [0.2, 0.25) is 11.8 Å². The molecule has 1 aromatic heterocycles. The highest BCUT2D eigenvalue weighted by molar-refractivity contribution is 7.12. The number of thiophene rings is 1. The number of likely N-dealkylation sites (tertiary alicyclic amines) is 1. The van der Waals surface area contributed by atoms with Crippen LogP contribution in [0.15, 0.2) is 66.0 Å². The first-order valence-electron chi connectivity index (χ1n) is 14.0. The van der Waals surface area contributed by atoms with Crippen molar-refractivity contribution in [1.82, 2.24) is 15.1 Å². The molecule has 9 nitrogen and oxygen atoms in total. The number of amides is 3. The molecule has 2 atom stereocenters. The number of hydrogen-bond donors (Lipinski definition) is 2. The average molecular weight is 578 g/mol. The quantitative estimate of drug-likeness (QED) is 0.491. The third kappa shape index (κ3) is 7.72. The van der Waals surface area contributed by atoms with Crippen LogP contribution in [0.2, 0.25) is 0 Å². The van der Waals surface area contributed by atoms with Gasteiger partial charge in [0, 0.05) is 32.7 Å². The van der Waals surface area contributed by atoms with Gasteiger partial charge in [-0.05, 0) is 66.1 Å².